The molecule has 0 fully saturated rings. The third kappa shape index (κ3) is 3.56. The number of hydrogen-bond acceptors (Lipinski definition) is 3. The van der Waals surface area contributed by atoms with Crippen LogP contribution in [0.3, 0.4) is 0 Å². The molecule has 0 aliphatic rings. The van der Waals surface area contributed by atoms with Gasteiger partial charge in [0.1, 0.15) is 11.6 Å². The fourth-order valence-electron chi connectivity index (χ4n) is 1.97. The van der Waals surface area contributed by atoms with Gasteiger partial charge in [0.25, 0.3) is 0 Å². The first kappa shape index (κ1) is 14.5. The summed E-state index contributed by atoms with van der Waals surface area (Å²) in [5, 5.41) is 3.37. The van der Waals surface area contributed by atoms with Gasteiger partial charge in [0.2, 0.25) is 0 Å². The predicted molar refractivity (Wildman–Crippen MR) is 85.0 cm³/mol. The van der Waals surface area contributed by atoms with Crippen molar-refractivity contribution < 1.29 is 0 Å². The van der Waals surface area contributed by atoms with Crippen molar-refractivity contribution in [2.24, 2.45) is 0 Å². The van der Waals surface area contributed by atoms with Crippen molar-refractivity contribution in [3.8, 4) is 11.3 Å². The van der Waals surface area contributed by atoms with Crippen LogP contribution in [0.4, 0.5) is 5.82 Å². The summed E-state index contributed by atoms with van der Waals surface area (Å²) in [6.07, 6.45) is 2.13. The molecule has 3 nitrogen and oxygen atoms in total. The van der Waals surface area contributed by atoms with Crippen molar-refractivity contribution >= 4 is 5.82 Å². The molecule has 2 rings (SSSR count). The minimum atomic E-state index is 0.376. The lowest BCUT2D eigenvalue weighted by Gasteiger charge is -2.13. The lowest BCUT2D eigenvalue weighted by molar-refractivity contribution is 0.680. The van der Waals surface area contributed by atoms with Gasteiger partial charge in [0.05, 0.1) is 5.69 Å². The molecule has 20 heavy (non-hydrogen) atoms. The Balaban J connectivity index is 2.40. The molecule has 0 spiro atoms. The molecule has 1 atom stereocenters. The van der Waals surface area contributed by atoms with Crippen LogP contribution >= 0.6 is 0 Å². The standard InChI is InChI=1S/C17H23N3/c1-4-11-18-16-12-15(14-9-7-6-8-10-14)19-17(20-16)13(3)5-2/h6-10,12-13H,4-5,11H2,1-3H3,(H,18,19,20). The lowest BCUT2D eigenvalue weighted by Crippen LogP contribution is -2.07. The van der Waals surface area contributed by atoms with E-state index in [1.807, 2.05) is 24.3 Å². The number of aromatic nitrogens is 2. The van der Waals surface area contributed by atoms with E-state index in [0.717, 1.165) is 42.3 Å². The van der Waals surface area contributed by atoms with Crippen LogP contribution in [-0.4, -0.2) is 16.5 Å². The fourth-order valence-corrected chi connectivity index (χ4v) is 1.97. The normalized spacial score (nSPS) is 12.2. The predicted octanol–water partition coefficient (Wildman–Crippen LogP) is 4.48. The highest BCUT2D eigenvalue weighted by Crippen LogP contribution is 2.23. The third-order valence-corrected chi connectivity index (χ3v) is 3.42. The fraction of sp³-hybridized carbons (Fsp3) is 0.412. The molecule has 0 amide bonds. The Morgan fingerprint density at radius 1 is 1.10 bits per heavy atom. The smallest absolute Gasteiger partial charge is 0.134 e. The highest BCUT2D eigenvalue weighted by molar-refractivity contribution is 5.62. The summed E-state index contributed by atoms with van der Waals surface area (Å²) in [5.74, 6) is 2.23. The van der Waals surface area contributed by atoms with Crippen LogP contribution in [0.2, 0.25) is 0 Å². The molecule has 2 aromatic rings. The van der Waals surface area contributed by atoms with E-state index in [9.17, 15) is 0 Å². The van der Waals surface area contributed by atoms with E-state index in [2.05, 4.69) is 43.2 Å². The SMILES string of the molecule is CCCNc1cc(-c2ccccc2)nc(C(C)CC)n1. The molecule has 0 aliphatic carbocycles. The topological polar surface area (TPSA) is 37.8 Å². The second kappa shape index (κ2) is 7.04. The summed E-state index contributed by atoms with van der Waals surface area (Å²) >= 11 is 0. The van der Waals surface area contributed by atoms with Crippen LogP contribution < -0.4 is 5.32 Å². The zero-order valence-corrected chi connectivity index (χ0v) is 12.6. The zero-order valence-electron chi connectivity index (χ0n) is 12.6. The first-order chi connectivity index (χ1) is 9.74. The quantitative estimate of drug-likeness (QED) is 0.840. The number of benzene rings is 1. The first-order valence-electron chi connectivity index (χ1n) is 7.42. The molecule has 0 radical (unpaired) electrons. The first-order valence-corrected chi connectivity index (χ1v) is 7.42. The highest BCUT2D eigenvalue weighted by atomic mass is 15.0. The van der Waals surface area contributed by atoms with Crippen molar-refractivity contribution in [1.82, 2.24) is 9.97 Å². The summed E-state index contributed by atoms with van der Waals surface area (Å²) in [5.41, 5.74) is 2.13. The van der Waals surface area contributed by atoms with Crippen LogP contribution in [0.5, 0.6) is 0 Å². The number of hydrogen-bond donors (Lipinski definition) is 1. The molecule has 1 heterocycles. The van der Waals surface area contributed by atoms with Gasteiger partial charge in [-0.1, -0.05) is 51.1 Å². The number of anilines is 1. The number of nitrogens with one attached hydrogen (secondary N) is 1. The van der Waals surface area contributed by atoms with Gasteiger partial charge in [-0.2, -0.15) is 0 Å². The Morgan fingerprint density at radius 2 is 1.85 bits per heavy atom. The van der Waals surface area contributed by atoms with Gasteiger partial charge >= 0.3 is 0 Å². The van der Waals surface area contributed by atoms with Gasteiger partial charge in [0.15, 0.2) is 0 Å². The largest absolute Gasteiger partial charge is 0.370 e. The molecular formula is C17H23N3. The van der Waals surface area contributed by atoms with Crippen LogP contribution in [0.15, 0.2) is 36.4 Å². The second-order valence-electron chi connectivity index (χ2n) is 5.10. The lowest BCUT2D eigenvalue weighted by atomic mass is 10.1. The van der Waals surface area contributed by atoms with Crippen LogP contribution in [-0.2, 0) is 0 Å². The molecule has 106 valence electrons. The van der Waals surface area contributed by atoms with Crippen LogP contribution in [0.25, 0.3) is 11.3 Å². The molecule has 0 saturated heterocycles. The Kier molecular flexibility index (Phi) is 5.10. The van der Waals surface area contributed by atoms with E-state index < -0.39 is 0 Å². The molecular weight excluding hydrogens is 246 g/mol. The van der Waals surface area contributed by atoms with Gasteiger partial charge in [-0.15, -0.1) is 0 Å². The van der Waals surface area contributed by atoms with Gasteiger partial charge in [-0.25, -0.2) is 9.97 Å². The third-order valence-electron chi connectivity index (χ3n) is 3.42. The molecule has 0 bridgehead atoms. The minimum Gasteiger partial charge on any atom is -0.370 e. The zero-order chi connectivity index (χ0) is 14.4. The Morgan fingerprint density at radius 3 is 2.50 bits per heavy atom. The van der Waals surface area contributed by atoms with Crippen LogP contribution in [0, 0.1) is 0 Å². The molecule has 3 heteroatoms. The average molecular weight is 269 g/mol. The Bertz CT molecular complexity index is 537. The summed E-state index contributed by atoms with van der Waals surface area (Å²) in [6, 6.07) is 12.3. The van der Waals surface area contributed by atoms with Gasteiger partial charge < -0.3 is 5.32 Å². The second-order valence-corrected chi connectivity index (χ2v) is 5.10. The van der Waals surface area contributed by atoms with E-state index in [-0.39, 0.29) is 0 Å². The summed E-state index contributed by atoms with van der Waals surface area (Å²) in [7, 11) is 0. The monoisotopic (exact) mass is 269 g/mol. The molecule has 1 aromatic heterocycles. The molecule has 1 aromatic carbocycles. The Labute approximate surface area is 121 Å². The van der Waals surface area contributed by atoms with Gasteiger partial charge in [-0.3, -0.25) is 0 Å². The number of rotatable bonds is 6. The van der Waals surface area contributed by atoms with E-state index in [0.29, 0.717) is 5.92 Å². The summed E-state index contributed by atoms with van der Waals surface area (Å²) < 4.78 is 0. The maximum absolute atomic E-state index is 4.73. The maximum Gasteiger partial charge on any atom is 0.134 e. The minimum absolute atomic E-state index is 0.376. The van der Waals surface area contributed by atoms with E-state index in [1.165, 1.54) is 0 Å². The van der Waals surface area contributed by atoms with Crippen molar-refractivity contribution in [2.45, 2.75) is 39.5 Å². The summed E-state index contributed by atoms with van der Waals surface area (Å²) in [6.45, 7) is 7.43. The van der Waals surface area contributed by atoms with E-state index in [1.54, 1.807) is 0 Å². The summed E-state index contributed by atoms with van der Waals surface area (Å²) in [4.78, 5) is 9.38. The van der Waals surface area contributed by atoms with E-state index in [4.69, 9.17) is 4.98 Å². The average Bonchev–Trinajstić information content (AvgIpc) is 2.52. The van der Waals surface area contributed by atoms with E-state index >= 15 is 0 Å². The van der Waals surface area contributed by atoms with Crippen LogP contribution in [0.1, 0.15) is 45.4 Å². The van der Waals surface area contributed by atoms with Crippen molar-refractivity contribution in [1.29, 1.82) is 0 Å². The maximum atomic E-state index is 4.73. The van der Waals surface area contributed by atoms with Crippen molar-refractivity contribution in [2.75, 3.05) is 11.9 Å². The van der Waals surface area contributed by atoms with Crippen molar-refractivity contribution in [3.05, 3.63) is 42.2 Å². The van der Waals surface area contributed by atoms with Crippen molar-refractivity contribution in [3.63, 3.8) is 0 Å². The van der Waals surface area contributed by atoms with Gasteiger partial charge in [-0.05, 0) is 12.8 Å². The molecule has 1 N–H and O–H groups in total. The molecule has 0 aliphatic heterocycles. The van der Waals surface area contributed by atoms with Gasteiger partial charge in [0, 0.05) is 24.1 Å². The Hall–Kier alpha value is -1.90. The molecule has 1 unspecified atom stereocenters. The highest BCUT2D eigenvalue weighted by Gasteiger charge is 2.11. The number of nitrogens with zero attached hydrogens (tertiary/aromatic N) is 2. The molecule has 0 saturated carbocycles.